The molecule has 0 aromatic heterocycles. The molecular formula is C48H71FN10O10. The van der Waals surface area contributed by atoms with Gasteiger partial charge in [-0.25, -0.2) is 14.0 Å². The Kier molecular flexibility index (Phi) is 17.1. The van der Waals surface area contributed by atoms with Crippen LogP contribution in [0.5, 0.6) is 0 Å². The van der Waals surface area contributed by atoms with Crippen LogP contribution in [0.15, 0.2) is 24.3 Å². The van der Waals surface area contributed by atoms with Crippen LogP contribution in [0.3, 0.4) is 0 Å². The minimum absolute atomic E-state index is 0.104. The highest BCUT2D eigenvalue weighted by atomic mass is 19.1. The van der Waals surface area contributed by atoms with Gasteiger partial charge in [-0.2, -0.15) is 0 Å². The Morgan fingerprint density at radius 3 is 1.45 bits per heavy atom. The van der Waals surface area contributed by atoms with Gasteiger partial charge in [-0.05, 0) is 111 Å². The van der Waals surface area contributed by atoms with Gasteiger partial charge in [-0.1, -0.05) is 0 Å². The number of anilines is 1. The molecule has 0 atom stereocenters. The van der Waals surface area contributed by atoms with Crippen LogP contribution in [0.1, 0.15) is 99.1 Å². The van der Waals surface area contributed by atoms with Gasteiger partial charge < -0.3 is 39.3 Å². The van der Waals surface area contributed by atoms with Crippen LogP contribution in [0, 0.1) is 26.0 Å². The van der Waals surface area contributed by atoms with Gasteiger partial charge in [0.25, 0.3) is 23.2 Å². The molecule has 0 bridgehead atoms. The highest BCUT2D eigenvalue weighted by molar-refractivity contribution is 6.02. The van der Waals surface area contributed by atoms with Gasteiger partial charge >= 0.3 is 12.2 Å². The number of amides is 4. The number of hydrogen-bond donors (Lipinski definition) is 1. The summed E-state index contributed by atoms with van der Waals surface area (Å²) in [5.41, 5.74) is 0.729. The number of nitro benzene ring substituents is 2. The predicted molar refractivity (Wildman–Crippen MR) is 257 cm³/mol. The van der Waals surface area contributed by atoms with Crippen molar-refractivity contribution in [3.63, 3.8) is 0 Å². The number of hydrogen-bond acceptors (Lipinski definition) is 14. The van der Waals surface area contributed by atoms with E-state index in [9.17, 15) is 43.8 Å². The number of rotatable bonds is 5. The number of nitrogens with one attached hydrogen (secondary N) is 1. The molecule has 2 aromatic carbocycles. The van der Waals surface area contributed by atoms with E-state index in [-0.39, 0.29) is 46.2 Å². The standard InChI is InChI=1S/C24H35N5O5.C14H27N3O2.C10H9FN2O3/c1-24(2,3)34-23(31)28-15-13-26(14-16-28)17-7-11-27(12-8-17)19-5-6-20(29(32)33)21-18(19)9-10-25(4)22(21)30;1-14(2,3)19-13(18)17-10-8-16(9-11-17)12-4-6-15-7-5-12;1-12-5-4-6-7(11)2-3-8(13(15)16)9(6)10(12)14/h5-6,17H,7-16H2,1-4H3;12,15H,4-11H2,1-3H3;2-3H,4-5H2,1H3. The molecule has 6 heterocycles. The second-order valence-electron chi connectivity index (χ2n) is 20.6. The molecule has 69 heavy (non-hydrogen) atoms. The van der Waals surface area contributed by atoms with Gasteiger partial charge in [-0.3, -0.25) is 39.6 Å². The van der Waals surface area contributed by atoms with Crippen LogP contribution in [0.2, 0.25) is 0 Å². The van der Waals surface area contributed by atoms with E-state index in [1.54, 1.807) is 23.9 Å². The lowest BCUT2D eigenvalue weighted by atomic mass is 9.93. The summed E-state index contributed by atoms with van der Waals surface area (Å²) in [6, 6.07) is 6.50. The molecule has 20 nitrogen and oxygen atoms in total. The highest BCUT2D eigenvalue weighted by Crippen LogP contribution is 2.37. The number of piperazine rings is 2. The molecule has 21 heteroatoms. The second-order valence-corrected chi connectivity index (χ2v) is 20.6. The zero-order valence-corrected chi connectivity index (χ0v) is 41.6. The summed E-state index contributed by atoms with van der Waals surface area (Å²) >= 11 is 0. The van der Waals surface area contributed by atoms with Crippen molar-refractivity contribution in [3.05, 3.63) is 72.6 Å². The van der Waals surface area contributed by atoms with Gasteiger partial charge in [-0.15, -0.1) is 0 Å². The average molecular weight is 967 g/mol. The van der Waals surface area contributed by atoms with Crippen LogP contribution in [0.25, 0.3) is 0 Å². The molecular weight excluding hydrogens is 896 g/mol. The third-order valence-electron chi connectivity index (χ3n) is 13.5. The lowest BCUT2D eigenvalue weighted by Gasteiger charge is -2.43. The van der Waals surface area contributed by atoms with E-state index in [1.165, 1.54) is 23.8 Å². The zero-order valence-electron chi connectivity index (χ0n) is 41.6. The number of piperidine rings is 2. The third-order valence-corrected chi connectivity index (χ3v) is 13.5. The molecule has 0 saturated carbocycles. The van der Waals surface area contributed by atoms with Crippen molar-refractivity contribution in [2.24, 2.45) is 0 Å². The topological polar surface area (TPSA) is 208 Å². The lowest BCUT2D eigenvalue weighted by molar-refractivity contribution is -0.385. The maximum Gasteiger partial charge on any atom is 0.410 e. The molecule has 6 aliphatic rings. The number of halogens is 1. The molecule has 4 fully saturated rings. The number of carbonyl (C=O) groups is 4. The van der Waals surface area contributed by atoms with E-state index in [4.69, 9.17) is 9.47 Å². The first-order chi connectivity index (χ1) is 32.5. The monoisotopic (exact) mass is 967 g/mol. The van der Waals surface area contributed by atoms with Crippen molar-refractivity contribution in [2.75, 3.05) is 111 Å². The van der Waals surface area contributed by atoms with Crippen molar-refractivity contribution in [3.8, 4) is 0 Å². The van der Waals surface area contributed by atoms with E-state index in [0.29, 0.717) is 51.1 Å². The average Bonchev–Trinajstić information content (AvgIpc) is 3.31. The van der Waals surface area contributed by atoms with Crippen molar-refractivity contribution >= 4 is 41.1 Å². The Hall–Kier alpha value is -5.67. The summed E-state index contributed by atoms with van der Waals surface area (Å²) in [5, 5.41) is 25.7. The molecule has 0 aliphatic carbocycles. The van der Waals surface area contributed by atoms with Crippen LogP contribution in [-0.4, -0.2) is 192 Å². The molecule has 4 amide bonds. The molecule has 1 N–H and O–H groups in total. The Morgan fingerprint density at radius 1 is 0.609 bits per heavy atom. The van der Waals surface area contributed by atoms with E-state index in [2.05, 4.69) is 20.0 Å². The normalized spacial score (nSPS) is 19.9. The summed E-state index contributed by atoms with van der Waals surface area (Å²) in [5.74, 6) is -1.32. The molecule has 380 valence electrons. The van der Waals surface area contributed by atoms with Crippen molar-refractivity contribution in [2.45, 2.75) is 103 Å². The molecule has 0 radical (unpaired) electrons. The molecule has 4 saturated heterocycles. The summed E-state index contributed by atoms with van der Waals surface area (Å²) in [7, 11) is 3.23. The Morgan fingerprint density at radius 2 is 1.01 bits per heavy atom. The third kappa shape index (κ3) is 13.4. The summed E-state index contributed by atoms with van der Waals surface area (Å²) in [6.45, 7) is 22.8. The maximum atomic E-state index is 13.4. The molecule has 6 aliphatic heterocycles. The number of likely N-dealkylation sites (N-methyl/N-ethyl adjacent to an activating group) is 2. The Labute approximate surface area is 404 Å². The number of carbonyl (C=O) groups excluding carboxylic acids is 4. The van der Waals surface area contributed by atoms with E-state index in [0.717, 1.165) is 102 Å². The van der Waals surface area contributed by atoms with Crippen molar-refractivity contribution in [1.29, 1.82) is 0 Å². The largest absolute Gasteiger partial charge is 0.444 e. The summed E-state index contributed by atoms with van der Waals surface area (Å²) in [6.07, 6.45) is 4.94. The Bertz CT molecular complexity index is 2200. The minimum atomic E-state index is -0.657. The van der Waals surface area contributed by atoms with E-state index in [1.807, 2.05) is 52.5 Å². The van der Waals surface area contributed by atoms with E-state index < -0.39 is 32.8 Å². The predicted octanol–water partition coefficient (Wildman–Crippen LogP) is 5.40. The number of fused-ring (bicyclic) bond motifs is 2. The van der Waals surface area contributed by atoms with Crippen LogP contribution in [0.4, 0.5) is 31.0 Å². The zero-order chi connectivity index (χ0) is 50.4. The lowest BCUT2D eigenvalue weighted by Crippen LogP contribution is -2.55. The SMILES string of the molecule is CC(C)(C)OC(=O)N1CCN(C2CCNCC2)CC1.CN1CCc2c(F)ccc([N+](=O)[O-])c2C1=O.CN1CCc2c(N3CCC(N4CCN(C(=O)OC(C)(C)C)CC4)CC3)ccc([N+](=O)[O-])c2C1=O. The van der Waals surface area contributed by atoms with Crippen molar-refractivity contribution < 1.29 is 42.9 Å². The number of benzene rings is 2. The van der Waals surface area contributed by atoms with Crippen LogP contribution >= 0.6 is 0 Å². The van der Waals surface area contributed by atoms with Gasteiger partial charge in [0.2, 0.25) is 0 Å². The highest BCUT2D eigenvalue weighted by Gasteiger charge is 2.37. The fraction of sp³-hybridized carbons (Fsp3) is 0.667. The van der Waals surface area contributed by atoms with Crippen LogP contribution in [-0.2, 0) is 22.3 Å². The molecule has 0 spiro atoms. The number of ether oxygens (including phenoxy) is 2. The first-order valence-corrected chi connectivity index (χ1v) is 24.2. The van der Waals surface area contributed by atoms with Gasteiger partial charge in [0.15, 0.2) is 0 Å². The number of nitro groups is 2. The fourth-order valence-corrected chi connectivity index (χ4v) is 9.79. The second kappa shape index (κ2) is 22.4. The van der Waals surface area contributed by atoms with Crippen LogP contribution < -0.4 is 10.2 Å². The quantitative estimate of drug-likeness (QED) is 0.294. The molecule has 2 aromatic rings. The number of nitrogens with zero attached hydrogens (tertiary/aromatic N) is 9. The van der Waals surface area contributed by atoms with E-state index >= 15 is 0 Å². The minimum Gasteiger partial charge on any atom is -0.444 e. The van der Waals surface area contributed by atoms with Gasteiger partial charge in [0.1, 0.15) is 28.1 Å². The fourth-order valence-electron chi connectivity index (χ4n) is 9.79. The summed E-state index contributed by atoms with van der Waals surface area (Å²) < 4.78 is 24.3. The Balaban J connectivity index is 0.000000188. The van der Waals surface area contributed by atoms with Gasteiger partial charge in [0, 0.05) is 128 Å². The summed E-state index contributed by atoms with van der Waals surface area (Å²) in [4.78, 5) is 83.8. The van der Waals surface area contributed by atoms with Gasteiger partial charge in [0.05, 0.1) is 9.85 Å². The first kappa shape index (κ1) is 52.7. The first-order valence-electron chi connectivity index (χ1n) is 24.2. The van der Waals surface area contributed by atoms with Crippen molar-refractivity contribution in [1.82, 2.24) is 34.7 Å². The molecule has 8 rings (SSSR count). The molecule has 0 unspecified atom stereocenters. The maximum absolute atomic E-state index is 13.4. The smallest absolute Gasteiger partial charge is 0.410 e.